The maximum Gasteiger partial charge on any atom is 0.227 e. The van der Waals surface area contributed by atoms with Crippen LogP contribution < -0.4 is 10.6 Å². The molecule has 0 aliphatic heterocycles. The fraction of sp³-hybridized carbons (Fsp3) is 0.692. The second-order valence-corrected chi connectivity index (χ2v) is 9.57. The van der Waals surface area contributed by atoms with Gasteiger partial charge in [-0.25, -0.2) is 0 Å². The van der Waals surface area contributed by atoms with Gasteiger partial charge in [-0.2, -0.15) is 0 Å². The highest BCUT2D eigenvalue weighted by Gasteiger charge is 2.27. The Morgan fingerprint density at radius 2 is 1.00 bits per heavy atom. The van der Waals surface area contributed by atoms with Crippen molar-refractivity contribution in [2.45, 2.75) is 90.9 Å². The average Bonchev–Trinajstić information content (AvgIpc) is 2.76. The third-order valence-corrected chi connectivity index (χ3v) is 7.25. The Morgan fingerprint density at radius 1 is 0.667 bits per heavy atom. The molecule has 0 heterocycles. The summed E-state index contributed by atoms with van der Waals surface area (Å²) in [6.45, 7) is 4.48. The minimum atomic E-state index is 0.139. The van der Waals surface area contributed by atoms with E-state index in [4.69, 9.17) is 0 Å². The van der Waals surface area contributed by atoms with E-state index in [1.807, 2.05) is 24.3 Å². The van der Waals surface area contributed by atoms with Crippen LogP contribution in [0.4, 0.5) is 11.4 Å². The summed E-state index contributed by atoms with van der Waals surface area (Å²) < 4.78 is 0. The van der Waals surface area contributed by atoms with E-state index in [9.17, 15) is 9.59 Å². The van der Waals surface area contributed by atoms with E-state index < -0.39 is 0 Å². The van der Waals surface area contributed by atoms with Crippen LogP contribution in [-0.2, 0) is 9.59 Å². The zero-order valence-electron chi connectivity index (χ0n) is 18.9. The molecule has 0 unspecified atom stereocenters. The van der Waals surface area contributed by atoms with Gasteiger partial charge in [0.25, 0.3) is 0 Å². The van der Waals surface area contributed by atoms with Gasteiger partial charge >= 0.3 is 0 Å². The number of benzene rings is 1. The molecule has 0 bridgehead atoms. The van der Waals surface area contributed by atoms with Crippen molar-refractivity contribution in [3.8, 4) is 0 Å². The Kier molecular flexibility index (Phi) is 8.77. The highest BCUT2D eigenvalue weighted by atomic mass is 16.2. The monoisotopic (exact) mass is 412 g/mol. The summed E-state index contributed by atoms with van der Waals surface area (Å²) in [5.41, 5.74) is 1.63. The van der Waals surface area contributed by atoms with Gasteiger partial charge in [-0.3, -0.25) is 9.59 Å². The third-order valence-electron chi connectivity index (χ3n) is 7.25. The van der Waals surface area contributed by atoms with Crippen molar-refractivity contribution in [3.63, 3.8) is 0 Å². The molecule has 0 atom stereocenters. The molecule has 0 radical (unpaired) electrons. The number of anilines is 2. The fourth-order valence-corrected chi connectivity index (χ4v) is 5.37. The Hall–Kier alpha value is -1.84. The average molecular weight is 413 g/mol. The lowest BCUT2D eigenvalue weighted by Crippen LogP contribution is -2.27. The number of nitrogens with one attached hydrogen (secondary N) is 2. The van der Waals surface area contributed by atoms with Gasteiger partial charge in [0.2, 0.25) is 11.8 Å². The van der Waals surface area contributed by atoms with Crippen LogP contribution in [0.1, 0.15) is 90.9 Å². The minimum Gasteiger partial charge on any atom is -0.326 e. The maximum absolute atomic E-state index is 12.6. The Labute approximate surface area is 182 Å². The van der Waals surface area contributed by atoms with Gasteiger partial charge in [0.05, 0.1) is 0 Å². The first-order chi connectivity index (χ1) is 14.6. The van der Waals surface area contributed by atoms with E-state index in [0.717, 1.165) is 48.9 Å². The highest BCUT2D eigenvalue weighted by Crippen LogP contribution is 2.33. The summed E-state index contributed by atoms with van der Waals surface area (Å²) in [5, 5.41) is 6.14. The van der Waals surface area contributed by atoms with Gasteiger partial charge < -0.3 is 10.6 Å². The third kappa shape index (κ3) is 6.58. The van der Waals surface area contributed by atoms with Crippen LogP contribution in [0.3, 0.4) is 0 Å². The minimum absolute atomic E-state index is 0.139. The molecule has 3 rings (SSSR count). The first kappa shape index (κ1) is 22.8. The first-order valence-corrected chi connectivity index (χ1v) is 12.3. The lowest BCUT2D eigenvalue weighted by molar-refractivity contribution is -0.121. The smallest absolute Gasteiger partial charge is 0.227 e. The predicted molar refractivity (Wildman–Crippen MR) is 124 cm³/mol. The van der Waals surface area contributed by atoms with E-state index in [1.54, 1.807) is 0 Å². The van der Waals surface area contributed by atoms with Crippen LogP contribution in [0, 0.1) is 23.7 Å². The summed E-state index contributed by atoms with van der Waals surface area (Å²) in [6, 6.07) is 7.59. The van der Waals surface area contributed by atoms with Crippen molar-refractivity contribution in [2.24, 2.45) is 23.7 Å². The topological polar surface area (TPSA) is 58.2 Å². The summed E-state index contributed by atoms with van der Waals surface area (Å²) in [5.74, 6) is 2.18. The predicted octanol–water partition coefficient (Wildman–Crippen LogP) is 6.78. The fourth-order valence-electron chi connectivity index (χ4n) is 5.37. The molecule has 2 N–H and O–H groups in total. The standard InChI is InChI=1S/C26H40N2O2/c1-3-5-19-7-11-21(12-8-19)25(29)27-23-15-17-24(18-16-23)28-26(30)22-13-9-20(6-4-2)10-14-22/h15-22H,3-14H2,1-2H3,(H,27,29)(H,28,30). The van der Waals surface area contributed by atoms with Gasteiger partial charge in [-0.15, -0.1) is 0 Å². The molecular formula is C26H40N2O2. The molecule has 1 aromatic rings. The Bertz CT molecular complexity index is 610. The number of carbonyl (C=O) groups is 2. The highest BCUT2D eigenvalue weighted by molar-refractivity contribution is 5.94. The number of hydrogen-bond acceptors (Lipinski definition) is 2. The molecule has 0 aromatic heterocycles. The quantitative estimate of drug-likeness (QED) is 0.494. The van der Waals surface area contributed by atoms with Crippen molar-refractivity contribution in [1.82, 2.24) is 0 Å². The van der Waals surface area contributed by atoms with Gasteiger partial charge in [-0.1, -0.05) is 39.5 Å². The maximum atomic E-state index is 12.6. The molecule has 30 heavy (non-hydrogen) atoms. The second-order valence-electron chi connectivity index (χ2n) is 9.57. The van der Waals surface area contributed by atoms with E-state index in [-0.39, 0.29) is 23.7 Å². The molecule has 2 fully saturated rings. The molecule has 2 amide bonds. The van der Waals surface area contributed by atoms with Crippen molar-refractivity contribution in [1.29, 1.82) is 0 Å². The zero-order valence-corrected chi connectivity index (χ0v) is 18.9. The molecular weight excluding hydrogens is 372 g/mol. The van der Waals surface area contributed by atoms with Crippen LogP contribution in [0.25, 0.3) is 0 Å². The summed E-state index contributed by atoms with van der Waals surface area (Å²) in [7, 11) is 0. The first-order valence-electron chi connectivity index (χ1n) is 12.3. The molecule has 0 spiro atoms. The molecule has 2 aliphatic rings. The van der Waals surface area contributed by atoms with Crippen LogP contribution in [-0.4, -0.2) is 11.8 Å². The van der Waals surface area contributed by atoms with Crippen molar-refractivity contribution in [3.05, 3.63) is 24.3 Å². The molecule has 4 heteroatoms. The normalized spacial score (nSPS) is 26.7. The van der Waals surface area contributed by atoms with Crippen molar-refractivity contribution < 1.29 is 9.59 Å². The zero-order chi connectivity index (χ0) is 21.3. The number of amides is 2. The van der Waals surface area contributed by atoms with E-state index in [2.05, 4.69) is 24.5 Å². The molecule has 1 aromatic carbocycles. The van der Waals surface area contributed by atoms with Gasteiger partial charge in [-0.05, 0) is 87.5 Å². The second kappa shape index (κ2) is 11.5. The van der Waals surface area contributed by atoms with Gasteiger partial charge in [0, 0.05) is 23.2 Å². The van der Waals surface area contributed by atoms with Crippen LogP contribution in [0.5, 0.6) is 0 Å². The van der Waals surface area contributed by atoms with Crippen LogP contribution in [0.2, 0.25) is 0 Å². The SMILES string of the molecule is CCCC1CCC(C(=O)Nc2ccc(NC(=O)C3CCC(CCC)CC3)cc2)CC1. The molecule has 4 nitrogen and oxygen atoms in total. The van der Waals surface area contributed by atoms with Gasteiger partial charge in [0.1, 0.15) is 0 Å². The Balaban J connectivity index is 1.42. The number of carbonyl (C=O) groups excluding carboxylic acids is 2. The van der Waals surface area contributed by atoms with E-state index >= 15 is 0 Å². The molecule has 2 aliphatic carbocycles. The summed E-state index contributed by atoms with van der Waals surface area (Å²) >= 11 is 0. The van der Waals surface area contributed by atoms with Crippen LogP contribution in [0.15, 0.2) is 24.3 Å². The van der Waals surface area contributed by atoms with Crippen molar-refractivity contribution >= 4 is 23.2 Å². The number of rotatable bonds is 8. The number of hydrogen-bond donors (Lipinski definition) is 2. The van der Waals surface area contributed by atoms with E-state index in [0.29, 0.717) is 0 Å². The van der Waals surface area contributed by atoms with Crippen molar-refractivity contribution in [2.75, 3.05) is 10.6 Å². The Morgan fingerprint density at radius 3 is 1.30 bits per heavy atom. The summed E-state index contributed by atoms with van der Waals surface area (Å²) in [6.07, 6.45) is 13.8. The molecule has 166 valence electrons. The summed E-state index contributed by atoms with van der Waals surface area (Å²) in [4.78, 5) is 25.2. The largest absolute Gasteiger partial charge is 0.326 e. The van der Waals surface area contributed by atoms with Gasteiger partial charge in [0.15, 0.2) is 0 Å². The molecule has 0 saturated heterocycles. The van der Waals surface area contributed by atoms with E-state index in [1.165, 1.54) is 51.4 Å². The lowest BCUT2D eigenvalue weighted by Gasteiger charge is -2.27. The lowest BCUT2D eigenvalue weighted by atomic mass is 9.79. The molecule has 2 saturated carbocycles. The van der Waals surface area contributed by atoms with Crippen LogP contribution >= 0.6 is 0 Å².